The maximum atomic E-state index is 11.6. The first-order valence-electron chi connectivity index (χ1n) is 4.63. The van der Waals surface area contributed by atoms with Crippen molar-refractivity contribution in [3.63, 3.8) is 0 Å². The Labute approximate surface area is 91.7 Å². The maximum absolute atomic E-state index is 11.6. The van der Waals surface area contributed by atoms with Crippen molar-refractivity contribution in [1.29, 1.82) is 0 Å². The Morgan fingerprint density at radius 3 is 2.56 bits per heavy atom. The Morgan fingerprint density at radius 2 is 2.19 bits per heavy atom. The van der Waals surface area contributed by atoms with E-state index in [2.05, 4.69) is 10.4 Å². The predicted octanol–water partition coefficient (Wildman–Crippen LogP) is -0.497. The van der Waals surface area contributed by atoms with Crippen LogP contribution in [0.25, 0.3) is 0 Å². The summed E-state index contributed by atoms with van der Waals surface area (Å²) >= 11 is 0. The molecule has 0 aliphatic rings. The smallest absolute Gasteiger partial charge is 0.343 e. The van der Waals surface area contributed by atoms with Gasteiger partial charge in [0.2, 0.25) is 0 Å². The molecule has 1 heterocycles. The van der Waals surface area contributed by atoms with Gasteiger partial charge in [-0.1, -0.05) is 0 Å². The molecule has 0 aliphatic heterocycles. The van der Waals surface area contributed by atoms with Crippen LogP contribution in [-0.2, 0) is 4.79 Å². The van der Waals surface area contributed by atoms with Gasteiger partial charge in [0.15, 0.2) is 6.04 Å². The molecule has 0 saturated heterocycles. The monoisotopic (exact) mass is 227 g/mol. The van der Waals surface area contributed by atoms with Gasteiger partial charge in [0.05, 0.1) is 12.3 Å². The van der Waals surface area contributed by atoms with E-state index in [9.17, 15) is 9.59 Å². The summed E-state index contributed by atoms with van der Waals surface area (Å²) in [4.78, 5) is 22.2. The molecule has 1 rings (SSSR count). The average molecular weight is 227 g/mol. The number of aliphatic hydroxyl groups excluding tert-OH is 1. The van der Waals surface area contributed by atoms with Crippen LogP contribution in [0.3, 0.4) is 0 Å². The highest BCUT2D eigenvalue weighted by molar-refractivity contribution is 5.83. The summed E-state index contributed by atoms with van der Waals surface area (Å²) in [5.74, 6) is -1.29. The van der Waals surface area contributed by atoms with E-state index in [1.54, 1.807) is 19.9 Å². The van der Waals surface area contributed by atoms with Crippen LogP contribution in [0.2, 0.25) is 0 Å². The van der Waals surface area contributed by atoms with Gasteiger partial charge in [-0.3, -0.25) is 0 Å². The molecule has 1 amide bonds. The third-order valence-corrected chi connectivity index (χ3v) is 1.98. The second kappa shape index (κ2) is 4.75. The van der Waals surface area contributed by atoms with Crippen LogP contribution in [-0.4, -0.2) is 44.6 Å². The predicted molar refractivity (Wildman–Crippen MR) is 54.1 cm³/mol. The van der Waals surface area contributed by atoms with Crippen LogP contribution in [0.4, 0.5) is 4.79 Å². The minimum absolute atomic E-state index is 0.595. The molecule has 16 heavy (non-hydrogen) atoms. The van der Waals surface area contributed by atoms with Gasteiger partial charge in [0.1, 0.15) is 0 Å². The van der Waals surface area contributed by atoms with Gasteiger partial charge in [-0.25, -0.2) is 9.59 Å². The van der Waals surface area contributed by atoms with Crippen LogP contribution >= 0.6 is 0 Å². The highest BCUT2D eigenvalue weighted by atomic mass is 16.4. The summed E-state index contributed by atoms with van der Waals surface area (Å²) in [5.41, 5.74) is 1.25. The molecule has 1 unspecified atom stereocenters. The second-order valence-corrected chi connectivity index (χ2v) is 3.36. The lowest BCUT2D eigenvalue weighted by molar-refractivity contribution is -0.140. The zero-order valence-electron chi connectivity index (χ0n) is 8.97. The van der Waals surface area contributed by atoms with E-state index in [0.29, 0.717) is 11.4 Å². The quantitative estimate of drug-likeness (QED) is 0.646. The second-order valence-electron chi connectivity index (χ2n) is 3.36. The Hall–Kier alpha value is -1.89. The number of aryl methyl sites for hydroxylation is 2. The van der Waals surface area contributed by atoms with Crippen molar-refractivity contribution in [2.24, 2.45) is 0 Å². The molecule has 88 valence electrons. The number of amides is 1. The fraction of sp³-hybridized carbons (Fsp3) is 0.444. The zero-order valence-corrected chi connectivity index (χ0v) is 8.97. The molecular weight excluding hydrogens is 214 g/mol. The average Bonchev–Trinajstić information content (AvgIpc) is 2.53. The molecular formula is C9H13N3O4. The summed E-state index contributed by atoms with van der Waals surface area (Å²) in [6.07, 6.45) is 0. The molecule has 3 N–H and O–H groups in total. The number of carbonyl (C=O) groups is 2. The minimum atomic E-state index is -1.32. The van der Waals surface area contributed by atoms with Crippen LogP contribution in [0.15, 0.2) is 6.07 Å². The summed E-state index contributed by atoms with van der Waals surface area (Å²) in [5, 5.41) is 23.4. The van der Waals surface area contributed by atoms with Crippen LogP contribution < -0.4 is 5.32 Å². The lowest BCUT2D eigenvalue weighted by Crippen LogP contribution is -2.45. The van der Waals surface area contributed by atoms with Gasteiger partial charge >= 0.3 is 12.0 Å². The largest absolute Gasteiger partial charge is 0.480 e. The molecule has 7 heteroatoms. The molecule has 0 radical (unpaired) electrons. The van der Waals surface area contributed by atoms with E-state index in [1.807, 2.05) is 0 Å². The van der Waals surface area contributed by atoms with Crippen molar-refractivity contribution in [3.8, 4) is 0 Å². The molecule has 0 spiro atoms. The number of rotatable bonds is 3. The van der Waals surface area contributed by atoms with E-state index in [0.717, 1.165) is 4.68 Å². The lowest BCUT2D eigenvalue weighted by Gasteiger charge is -2.11. The number of nitrogens with one attached hydrogen (secondary N) is 1. The van der Waals surface area contributed by atoms with E-state index in [-0.39, 0.29) is 0 Å². The van der Waals surface area contributed by atoms with Crippen molar-refractivity contribution >= 4 is 12.0 Å². The number of hydrogen-bond donors (Lipinski definition) is 3. The topological polar surface area (TPSA) is 104 Å². The summed E-state index contributed by atoms with van der Waals surface area (Å²) < 4.78 is 1.06. The molecule has 1 aromatic rings. The van der Waals surface area contributed by atoms with Gasteiger partial charge in [-0.05, 0) is 19.9 Å². The molecule has 0 fully saturated rings. The van der Waals surface area contributed by atoms with Crippen molar-refractivity contribution in [2.45, 2.75) is 19.9 Å². The number of hydrogen-bond acceptors (Lipinski definition) is 4. The van der Waals surface area contributed by atoms with Crippen molar-refractivity contribution in [2.75, 3.05) is 6.61 Å². The van der Waals surface area contributed by atoms with Gasteiger partial charge in [0, 0.05) is 5.69 Å². The van der Waals surface area contributed by atoms with Gasteiger partial charge in [0.25, 0.3) is 0 Å². The fourth-order valence-corrected chi connectivity index (χ4v) is 1.23. The van der Waals surface area contributed by atoms with E-state index < -0.39 is 24.6 Å². The Morgan fingerprint density at radius 1 is 1.56 bits per heavy atom. The summed E-state index contributed by atoms with van der Waals surface area (Å²) in [7, 11) is 0. The number of nitrogens with zero attached hydrogens (tertiary/aromatic N) is 2. The van der Waals surface area contributed by atoms with Crippen molar-refractivity contribution in [1.82, 2.24) is 15.1 Å². The van der Waals surface area contributed by atoms with Gasteiger partial charge in [-0.2, -0.15) is 9.78 Å². The van der Waals surface area contributed by atoms with E-state index in [1.165, 1.54) is 0 Å². The first-order chi connectivity index (χ1) is 7.45. The summed E-state index contributed by atoms with van der Waals surface area (Å²) in [6, 6.07) is -0.308. The Balaban J connectivity index is 2.79. The standard InChI is InChI=1S/C9H13N3O4/c1-5-3-6(2)12(11-5)9(16)10-7(4-13)8(14)15/h3,7,13H,4H2,1-2H3,(H,10,16)(H,14,15). The lowest BCUT2D eigenvalue weighted by atomic mass is 10.3. The molecule has 0 aromatic carbocycles. The maximum Gasteiger partial charge on any atom is 0.343 e. The fourth-order valence-electron chi connectivity index (χ4n) is 1.23. The third-order valence-electron chi connectivity index (χ3n) is 1.98. The van der Waals surface area contributed by atoms with Crippen LogP contribution in [0.1, 0.15) is 11.4 Å². The number of carboxylic acids is 1. The molecule has 1 aromatic heterocycles. The van der Waals surface area contributed by atoms with Gasteiger partial charge < -0.3 is 15.5 Å². The van der Waals surface area contributed by atoms with E-state index in [4.69, 9.17) is 10.2 Å². The molecule has 0 aliphatic carbocycles. The van der Waals surface area contributed by atoms with E-state index >= 15 is 0 Å². The Kier molecular flexibility index (Phi) is 3.62. The molecule has 0 saturated carbocycles. The minimum Gasteiger partial charge on any atom is -0.480 e. The highest BCUT2D eigenvalue weighted by Crippen LogP contribution is 2.01. The number of aliphatic hydroxyl groups is 1. The normalized spacial score (nSPS) is 12.2. The van der Waals surface area contributed by atoms with Crippen molar-refractivity contribution < 1.29 is 19.8 Å². The number of carbonyl (C=O) groups excluding carboxylic acids is 1. The highest BCUT2D eigenvalue weighted by Gasteiger charge is 2.20. The number of aromatic nitrogens is 2. The molecule has 0 bridgehead atoms. The number of aliphatic carboxylic acids is 1. The number of carboxylic acid groups (broad SMARTS) is 1. The zero-order chi connectivity index (χ0) is 12.3. The Bertz CT molecular complexity index is 413. The third kappa shape index (κ3) is 2.57. The molecule has 1 atom stereocenters. The van der Waals surface area contributed by atoms with Crippen LogP contribution in [0, 0.1) is 13.8 Å². The van der Waals surface area contributed by atoms with Crippen LogP contribution in [0.5, 0.6) is 0 Å². The summed E-state index contributed by atoms with van der Waals surface area (Å²) in [6.45, 7) is 2.73. The SMILES string of the molecule is Cc1cc(C)n(C(=O)NC(CO)C(=O)O)n1. The first kappa shape index (κ1) is 12.2. The molecule has 7 nitrogen and oxygen atoms in total. The first-order valence-corrected chi connectivity index (χ1v) is 4.63. The van der Waals surface area contributed by atoms with Gasteiger partial charge in [-0.15, -0.1) is 0 Å². The van der Waals surface area contributed by atoms with Crippen molar-refractivity contribution in [3.05, 3.63) is 17.5 Å².